The van der Waals surface area contributed by atoms with Gasteiger partial charge in [0.1, 0.15) is 6.54 Å². The maximum absolute atomic E-state index is 12.0. The Balaban J connectivity index is 4.30. The summed E-state index contributed by atoms with van der Waals surface area (Å²) < 4.78 is 4.89. The standard InChI is InChI=1S/C13H25NO4/c1-10(2)7-11(3)8-12(15)14(5-6-18-4)9-13(16)17/h10-11H,5-9H2,1-4H3,(H,16,17). The molecule has 0 rings (SSSR count). The first-order valence-electron chi connectivity index (χ1n) is 6.35. The Morgan fingerprint density at radius 3 is 2.33 bits per heavy atom. The van der Waals surface area contributed by atoms with Crippen LogP contribution in [-0.4, -0.2) is 48.7 Å². The fraction of sp³-hybridized carbons (Fsp3) is 0.846. The molecule has 0 saturated heterocycles. The lowest BCUT2D eigenvalue weighted by molar-refractivity contribution is -0.145. The smallest absolute Gasteiger partial charge is 0.323 e. The van der Waals surface area contributed by atoms with Crippen LogP contribution in [0, 0.1) is 11.8 Å². The minimum atomic E-state index is -0.990. The molecule has 0 aliphatic carbocycles. The Morgan fingerprint density at radius 1 is 1.28 bits per heavy atom. The molecule has 0 aliphatic heterocycles. The minimum absolute atomic E-state index is 0.109. The lowest BCUT2D eigenvalue weighted by atomic mass is 9.95. The van der Waals surface area contributed by atoms with Crippen molar-refractivity contribution in [1.82, 2.24) is 4.90 Å². The molecule has 1 N–H and O–H groups in total. The van der Waals surface area contributed by atoms with E-state index in [9.17, 15) is 9.59 Å². The molecule has 1 unspecified atom stereocenters. The summed E-state index contributed by atoms with van der Waals surface area (Å²) in [5, 5.41) is 8.78. The quantitative estimate of drug-likeness (QED) is 0.683. The number of rotatable bonds is 9. The molecule has 0 saturated carbocycles. The van der Waals surface area contributed by atoms with E-state index in [1.54, 1.807) is 0 Å². The van der Waals surface area contributed by atoms with Gasteiger partial charge in [0.05, 0.1) is 6.61 Å². The van der Waals surface area contributed by atoms with E-state index >= 15 is 0 Å². The molecule has 0 aliphatic rings. The van der Waals surface area contributed by atoms with Crippen LogP contribution < -0.4 is 0 Å². The van der Waals surface area contributed by atoms with E-state index in [1.165, 1.54) is 12.0 Å². The summed E-state index contributed by atoms with van der Waals surface area (Å²) in [7, 11) is 1.53. The first kappa shape index (κ1) is 16.9. The van der Waals surface area contributed by atoms with E-state index in [0.717, 1.165) is 6.42 Å². The van der Waals surface area contributed by atoms with Crippen LogP contribution in [0.1, 0.15) is 33.6 Å². The molecule has 0 aromatic rings. The number of ether oxygens (including phenoxy) is 1. The second-order valence-corrected chi connectivity index (χ2v) is 5.14. The second-order valence-electron chi connectivity index (χ2n) is 5.14. The number of hydrogen-bond donors (Lipinski definition) is 1. The molecule has 0 aromatic heterocycles. The van der Waals surface area contributed by atoms with E-state index in [4.69, 9.17) is 9.84 Å². The highest BCUT2D eigenvalue weighted by Crippen LogP contribution is 2.15. The Bertz CT molecular complexity index is 266. The van der Waals surface area contributed by atoms with Crippen molar-refractivity contribution in [3.63, 3.8) is 0 Å². The van der Waals surface area contributed by atoms with Crippen molar-refractivity contribution in [2.45, 2.75) is 33.6 Å². The number of hydrogen-bond acceptors (Lipinski definition) is 3. The van der Waals surface area contributed by atoms with Gasteiger partial charge in [0, 0.05) is 20.1 Å². The lowest BCUT2D eigenvalue weighted by Gasteiger charge is -2.22. The molecule has 0 aromatic carbocycles. The zero-order chi connectivity index (χ0) is 14.1. The zero-order valence-electron chi connectivity index (χ0n) is 11.8. The molecular formula is C13H25NO4. The van der Waals surface area contributed by atoms with E-state index in [2.05, 4.69) is 13.8 Å². The van der Waals surface area contributed by atoms with Gasteiger partial charge in [-0.3, -0.25) is 9.59 Å². The number of carbonyl (C=O) groups is 2. The van der Waals surface area contributed by atoms with Crippen LogP contribution in [0.2, 0.25) is 0 Å². The Labute approximate surface area is 109 Å². The summed E-state index contributed by atoms with van der Waals surface area (Å²) in [5.74, 6) is -0.283. The topological polar surface area (TPSA) is 66.8 Å². The average molecular weight is 259 g/mol. The van der Waals surface area contributed by atoms with Crippen LogP contribution in [0.3, 0.4) is 0 Å². The van der Waals surface area contributed by atoms with Gasteiger partial charge in [-0.15, -0.1) is 0 Å². The summed E-state index contributed by atoms with van der Waals surface area (Å²) in [4.78, 5) is 24.0. The highest BCUT2D eigenvalue weighted by atomic mass is 16.5. The van der Waals surface area contributed by atoms with Crippen molar-refractivity contribution in [2.75, 3.05) is 26.8 Å². The number of amides is 1. The monoisotopic (exact) mass is 259 g/mol. The summed E-state index contributed by atoms with van der Waals surface area (Å²) in [6.07, 6.45) is 1.37. The number of carboxylic acids is 1. The average Bonchev–Trinajstić information content (AvgIpc) is 2.22. The number of aliphatic carboxylic acids is 1. The van der Waals surface area contributed by atoms with Gasteiger partial charge in [-0.05, 0) is 18.3 Å². The Morgan fingerprint density at radius 2 is 1.89 bits per heavy atom. The minimum Gasteiger partial charge on any atom is -0.480 e. The van der Waals surface area contributed by atoms with E-state index < -0.39 is 5.97 Å². The van der Waals surface area contributed by atoms with Gasteiger partial charge in [0.2, 0.25) is 5.91 Å². The van der Waals surface area contributed by atoms with Crippen molar-refractivity contribution >= 4 is 11.9 Å². The number of carbonyl (C=O) groups excluding carboxylic acids is 1. The molecular weight excluding hydrogens is 234 g/mol. The molecule has 1 amide bonds. The SMILES string of the molecule is COCCN(CC(=O)O)C(=O)CC(C)CC(C)C. The van der Waals surface area contributed by atoms with Crippen LogP contribution in [-0.2, 0) is 14.3 Å². The van der Waals surface area contributed by atoms with Crippen LogP contribution in [0.4, 0.5) is 0 Å². The highest BCUT2D eigenvalue weighted by Gasteiger charge is 2.19. The maximum Gasteiger partial charge on any atom is 0.323 e. The summed E-state index contributed by atoms with van der Waals surface area (Å²) in [6, 6.07) is 0. The van der Waals surface area contributed by atoms with Gasteiger partial charge in [0.25, 0.3) is 0 Å². The number of methoxy groups -OCH3 is 1. The fourth-order valence-electron chi connectivity index (χ4n) is 1.97. The lowest BCUT2D eigenvalue weighted by Crippen LogP contribution is -2.38. The molecule has 106 valence electrons. The largest absolute Gasteiger partial charge is 0.480 e. The molecule has 5 heteroatoms. The van der Waals surface area contributed by atoms with Gasteiger partial charge < -0.3 is 14.7 Å². The van der Waals surface area contributed by atoms with Gasteiger partial charge in [-0.2, -0.15) is 0 Å². The molecule has 0 heterocycles. The van der Waals surface area contributed by atoms with Crippen molar-refractivity contribution < 1.29 is 19.4 Å². The van der Waals surface area contributed by atoms with Crippen LogP contribution in [0.15, 0.2) is 0 Å². The predicted molar refractivity (Wildman–Crippen MR) is 69.3 cm³/mol. The summed E-state index contributed by atoms with van der Waals surface area (Å²) in [6.45, 7) is 6.68. The summed E-state index contributed by atoms with van der Waals surface area (Å²) in [5.41, 5.74) is 0. The molecule has 0 bridgehead atoms. The summed E-state index contributed by atoms with van der Waals surface area (Å²) >= 11 is 0. The van der Waals surface area contributed by atoms with E-state index in [1.807, 2.05) is 6.92 Å². The normalized spacial score (nSPS) is 12.5. The second kappa shape index (κ2) is 8.91. The molecule has 0 spiro atoms. The number of nitrogens with zero attached hydrogens (tertiary/aromatic N) is 1. The Hall–Kier alpha value is -1.10. The molecule has 0 radical (unpaired) electrons. The number of carboxylic acid groups (broad SMARTS) is 1. The van der Waals surface area contributed by atoms with Crippen molar-refractivity contribution in [2.24, 2.45) is 11.8 Å². The molecule has 5 nitrogen and oxygen atoms in total. The van der Waals surface area contributed by atoms with Gasteiger partial charge >= 0.3 is 5.97 Å². The predicted octanol–water partition coefficient (Wildman–Crippen LogP) is 1.62. The van der Waals surface area contributed by atoms with Crippen molar-refractivity contribution in [3.8, 4) is 0 Å². The third-order valence-corrected chi connectivity index (χ3v) is 2.64. The third kappa shape index (κ3) is 8.06. The Kier molecular flexibility index (Phi) is 8.37. The highest BCUT2D eigenvalue weighted by molar-refractivity contribution is 5.81. The van der Waals surface area contributed by atoms with Crippen LogP contribution in [0.25, 0.3) is 0 Å². The van der Waals surface area contributed by atoms with Crippen molar-refractivity contribution in [3.05, 3.63) is 0 Å². The van der Waals surface area contributed by atoms with Crippen molar-refractivity contribution in [1.29, 1.82) is 0 Å². The maximum atomic E-state index is 12.0. The van der Waals surface area contributed by atoms with Gasteiger partial charge in [0.15, 0.2) is 0 Å². The molecule has 1 atom stereocenters. The fourth-order valence-corrected chi connectivity index (χ4v) is 1.97. The van der Waals surface area contributed by atoms with Gasteiger partial charge in [-0.25, -0.2) is 0 Å². The zero-order valence-corrected chi connectivity index (χ0v) is 11.8. The van der Waals surface area contributed by atoms with Crippen LogP contribution in [0.5, 0.6) is 0 Å². The van der Waals surface area contributed by atoms with E-state index in [-0.39, 0.29) is 18.4 Å². The third-order valence-electron chi connectivity index (χ3n) is 2.64. The van der Waals surface area contributed by atoms with Gasteiger partial charge in [-0.1, -0.05) is 20.8 Å². The first-order chi connectivity index (χ1) is 8.36. The molecule has 18 heavy (non-hydrogen) atoms. The first-order valence-corrected chi connectivity index (χ1v) is 6.35. The molecule has 0 fully saturated rings. The van der Waals surface area contributed by atoms with E-state index in [0.29, 0.717) is 25.5 Å². The van der Waals surface area contributed by atoms with Crippen LogP contribution >= 0.6 is 0 Å².